The fourth-order valence-electron chi connectivity index (χ4n) is 2.31. The zero-order valence-electron chi connectivity index (χ0n) is 10.5. The highest BCUT2D eigenvalue weighted by molar-refractivity contribution is 5.44. The molecule has 0 unspecified atom stereocenters. The van der Waals surface area contributed by atoms with Gasteiger partial charge in [0.25, 0.3) is 0 Å². The Morgan fingerprint density at radius 2 is 1.88 bits per heavy atom. The van der Waals surface area contributed by atoms with Crippen molar-refractivity contribution in [2.75, 3.05) is 13.2 Å². The number of rotatable bonds is 0. The Morgan fingerprint density at radius 3 is 2.65 bits per heavy atom. The van der Waals surface area contributed by atoms with Gasteiger partial charge in [0.05, 0.1) is 13.2 Å². The van der Waals surface area contributed by atoms with Crippen LogP contribution >= 0.6 is 0 Å². The topological polar surface area (TPSA) is 27.7 Å². The van der Waals surface area contributed by atoms with Crippen LogP contribution in [0.5, 0.6) is 5.75 Å². The van der Waals surface area contributed by atoms with Crippen molar-refractivity contribution in [2.24, 2.45) is 0 Å². The molecule has 3 heteroatoms. The summed E-state index contributed by atoms with van der Waals surface area (Å²) in [7, 11) is 0. The van der Waals surface area contributed by atoms with Crippen LogP contribution in [0.2, 0.25) is 0 Å². The van der Waals surface area contributed by atoms with E-state index < -0.39 is 0 Å². The first-order chi connectivity index (χ1) is 8.05. The molecule has 3 rings (SSSR count). The lowest BCUT2D eigenvalue weighted by atomic mass is 9.85. The number of hydrogen-bond acceptors (Lipinski definition) is 3. The van der Waals surface area contributed by atoms with Crippen molar-refractivity contribution in [3.8, 4) is 5.75 Å². The zero-order chi connectivity index (χ0) is 12.0. The van der Waals surface area contributed by atoms with Gasteiger partial charge in [-0.15, -0.1) is 0 Å². The van der Waals surface area contributed by atoms with E-state index in [1.807, 2.05) is 6.07 Å². The largest absolute Gasteiger partial charge is 0.461 e. The maximum Gasteiger partial charge on any atom is 0.230 e. The summed E-state index contributed by atoms with van der Waals surface area (Å²) in [4.78, 5) is 0. The van der Waals surface area contributed by atoms with E-state index in [0.29, 0.717) is 13.2 Å². The Morgan fingerprint density at radius 1 is 1.12 bits per heavy atom. The molecule has 2 atom stereocenters. The van der Waals surface area contributed by atoms with Crippen LogP contribution in [-0.4, -0.2) is 19.5 Å². The van der Waals surface area contributed by atoms with Crippen molar-refractivity contribution in [1.82, 2.24) is 0 Å². The molecular formula is C14H18O3. The molecule has 1 aromatic carbocycles. The summed E-state index contributed by atoms with van der Waals surface area (Å²) in [6.45, 7) is 7.88. The molecule has 17 heavy (non-hydrogen) atoms. The zero-order valence-corrected chi connectivity index (χ0v) is 10.5. The van der Waals surface area contributed by atoms with Gasteiger partial charge in [0.2, 0.25) is 6.29 Å². The van der Waals surface area contributed by atoms with Gasteiger partial charge in [0, 0.05) is 5.56 Å². The highest BCUT2D eigenvalue weighted by atomic mass is 16.7. The van der Waals surface area contributed by atoms with Crippen molar-refractivity contribution in [3.05, 3.63) is 29.3 Å². The molecule has 0 bridgehead atoms. The van der Waals surface area contributed by atoms with E-state index >= 15 is 0 Å². The third-order valence-electron chi connectivity index (χ3n) is 3.34. The van der Waals surface area contributed by atoms with Gasteiger partial charge in [-0.05, 0) is 23.1 Å². The predicted molar refractivity (Wildman–Crippen MR) is 64.2 cm³/mol. The van der Waals surface area contributed by atoms with Crippen LogP contribution in [0, 0.1) is 0 Å². The first-order valence-corrected chi connectivity index (χ1v) is 6.10. The van der Waals surface area contributed by atoms with Gasteiger partial charge in [-0.25, -0.2) is 0 Å². The molecule has 2 aliphatic heterocycles. The summed E-state index contributed by atoms with van der Waals surface area (Å²) in [6.07, 6.45) is -0.310. The number of benzene rings is 1. The first-order valence-electron chi connectivity index (χ1n) is 6.10. The molecule has 0 aromatic heterocycles. The van der Waals surface area contributed by atoms with Gasteiger partial charge < -0.3 is 14.2 Å². The molecule has 0 amide bonds. The van der Waals surface area contributed by atoms with Gasteiger partial charge in [0.15, 0.2) is 0 Å². The van der Waals surface area contributed by atoms with Gasteiger partial charge in [-0.1, -0.05) is 26.8 Å². The van der Waals surface area contributed by atoms with Gasteiger partial charge >= 0.3 is 0 Å². The average Bonchev–Trinajstić information content (AvgIpc) is 2.65. The fourth-order valence-corrected chi connectivity index (χ4v) is 2.31. The minimum absolute atomic E-state index is 0.0546. The lowest BCUT2D eigenvalue weighted by Gasteiger charge is -2.25. The number of fused-ring (bicyclic) bond motifs is 3. The molecular weight excluding hydrogens is 216 g/mol. The van der Waals surface area contributed by atoms with Crippen LogP contribution in [0.1, 0.15) is 38.0 Å². The monoisotopic (exact) mass is 234 g/mol. The lowest BCUT2D eigenvalue weighted by Crippen LogP contribution is -2.31. The van der Waals surface area contributed by atoms with Crippen LogP contribution in [0.25, 0.3) is 0 Å². The normalized spacial score (nSPS) is 27.2. The van der Waals surface area contributed by atoms with Gasteiger partial charge in [-0.2, -0.15) is 0 Å². The molecule has 0 radical (unpaired) electrons. The Bertz CT molecular complexity index is 434. The Hall–Kier alpha value is -1.06. The van der Waals surface area contributed by atoms with E-state index in [-0.39, 0.29) is 17.8 Å². The van der Waals surface area contributed by atoms with Crippen LogP contribution in [0.4, 0.5) is 0 Å². The lowest BCUT2D eigenvalue weighted by molar-refractivity contribution is -0.200. The van der Waals surface area contributed by atoms with E-state index in [9.17, 15) is 0 Å². The molecule has 0 N–H and O–H groups in total. The van der Waals surface area contributed by atoms with E-state index in [0.717, 1.165) is 11.3 Å². The summed E-state index contributed by atoms with van der Waals surface area (Å²) < 4.78 is 17.0. The number of ether oxygens (including phenoxy) is 3. The van der Waals surface area contributed by atoms with E-state index in [2.05, 4.69) is 32.9 Å². The molecule has 2 heterocycles. The average molecular weight is 234 g/mol. The quantitative estimate of drug-likeness (QED) is 0.691. The van der Waals surface area contributed by atoms with Crippen LogP contribution in [0.3, 0.4) is 0 Å². The Balaban J connectivity index is 1.99. The smallest absolute Gasteiger partial charge is 0.230 e. The Kier molecular flexibility index (Phi) is 2.42. The third kappa shape index (κ3) is 1.83. The van der Waals surface area contributed by atoms with E-state index in [4.69, 9.17) is 14.2 Å². The highest BCUT2D eigenvalue weighted by Crippen LogP contribution is 2.42. The summed E-state index contributed by atoms with van der Waals surface area (Å²) in [6, 6.07) is 6.34. The molecule has 0 aliphatic carbocycles. The molecule has 1 fully saturated rings. The second-order valence-corrected chi connectivity index (χ2v) is 5.65. The van der Waals surface area contributed by atoms with E-state index in [1.165, 1.54) is 5.56 Å². The molecule has 92 valence electrons. The third-order valence-corrected chi connectivity index (χ3v) is 3.34. The number of hydrogen-bond donors (Lipinski definition) is 0. The summed E-state index contributed by atoms with van der Waals surface area (Å²) >= 11 is 0. The second kappa shape index (κ2) is 3.72. The summed E-state index contributed by atoms with van der Waals surface area (Å²) in [5.41, 5.74) is 2.57. The predicted octanol–water partition coefficient (Wildman–Crippen LogP) is 2.79. The molecule has 3 nitrogen and oxygen atoms in total. The molecule has 2 aliphatic rings. The van der Waals surface area contributed by atoms with Crippen molar-refractivity contribution in [2.45, 2.75) is 38.6 Å². The maximum absolute atomic E-state index is 5.75. The molecule has 0 saturated carbocycles. The van der Waals surface area contributed by atoms with Crippen molar-refractivity contribution in [3.63, 3.8) is 0 Å². The molecule has 1 aromatic rings. The van der Waals surface area contributed by atoms with Gasteiger partial charge in [-0.3, -0.25) is 0 Å². The standard InChI is InChI=1S/C14H18O3/c1-14(2,3)9-4-5-11-10(8-9)12-13(17-11)16-7-6-15-12/h4-5,8,12-13H,6-7H2,1-3H3/t12-,13+/m0/s1. The minimum atomic E-state index is -0.256. The molecule has 0 spiro atoms. The highest BCUT2D eigenvalue weighted by Gasteiger charge is 2.39. The second-order valence-electron chi connectivity index (χ2n) is 5.65. The Labute approximate surface area is 102 Å². The van der Waals surface area contributed by atoms with Crippen LogP contribution in [-0.2, 0) is 14.9 Å². The van der Waals surface area contributed by atoms with Crippen LogP contribution < -0.4 is 4.74 Å². The van der Waals surface area contributed by atoms with Crippen molar-refractivity contribution >= 4 is 0 Å². The SMILES string of the molecule is CC(C)(C)c1ccc2c(c1)[C@@H]1OCCO[C@@H]1O2. The summed E-state index contributed by atoms with van der Waals surface area (Å²) in [5.74, 6) is 0.898. The van der Waals surface area contributed by atoms with E-state index in [1.54, 1.807) is 0 Å². The van der Waals surface area contributed by atoms with Crippen molar-refractivity contribution in [1.29, 1.82) is 0 Å². The van der Waals surface area contributed by atoms with Crippen LogP contribution in [0.15, 0.2) is 18.2 Å². The fraction of sp³-hybridized carbons (Fsp3) is 0.571. The van der Waals surface area contributed by atoms with Gasteiger partial charge in [0.1, 0.15) is 11.9 Å². The molecule has 1 saturated heterocycles. The summed E-state index contributed by atoms with van der Waals surface area (Å²) in [5, 5.41) is 0. The van der Waals surface area contributed by atoms with Crippen molar-refractivity contribution < 1.29 is 14.2 Å². The maximum atomic E-state index is 5.75. The first kappa shape index (κ1) is 11.1. The minimum Gasteiger partial charge on any atom is -0.461 e.